The number of carbonyl (C=O) groups is 1. The van der Waals surface area contributed by atoms with Crippen LogP contribution < -0.4 is 5.32 Å². The summed E-state index contributed by atoms with van der Waals surface area (Å²) in [6, 6.07) is 5.99. The van der Waals surface area contributed by atoms with Crippen molar-refractivity contribution in [2.75, 3.05) is 13.2 Å². The minimum atomic E-state index is -0.303. The Bertz CT molecular complexity index is 661. The van der Waals surface area contributed by atoms with Gasteiger partial charge in [-0.1, -0.05) is 0 Å². The molecule has 6 heteroatoms. The van der Waals surface area contributed by atoms with Gasteiger partial charge in [0, 0.05) is 13.2 Å². The zero-order valence-electron chi connectivity index (χ0n) is 12.4. The highest BCUT2D eigenvalue weighted by Gasteiger charge is 2.19. The Morgan fingerprint density at radius 2 is 2.23 bits per heavy atom. The van der Waals surface area contributed by atoms with Crippen molar-refractivity contribution in [3.63, 3.8) is 0 Å². The molecule has 3 rings (SSSR count). The largest absolute Gasteiger partial charge is 0.376 e. The summed E-state index contributed by atoms with van der Waals surface area (Å²) in [5.41, 5.74) is 1.95. The van der Waals surface area contributed by atoms with Crippen LogP contribution in [-0.4, -0.2) is 34.9 Å². The van der Waals surface area contributed by atoms with Gasteiger partial charge in [-0.15, -0.1) is 0 Å². The van der Waals surface area contributed by atoms with Crippen LogP contribution in [0.25, 0.3) is 5.69 Å². The fraction of sp³-hybridized carbons (Fsp3) is 0.375. The zero-order chi connectivity index (χ0) is 15.5. The third-order valence-corrected chi connectivity index (χ3v) is 3.84. The first-order valence-electron chi connectivity index (χ1n) is 7.35. The molecule has 0 saturated carbocycles. The van der Waals surface area contributed by atoms with Gasteiger partial charge in [0.1, 0.15) is 5.82 Å². The van der Waals surface area contributed by atoms with Crippen LogP contribution in [0.4, 0.5) is 4.39 Å². The van der Waals surface area contributed by atoms with Crippen LogP contribution in [0.3, 0.4) is 0 Å². The molecule has 0 radical (unpaired) electrons. The van der Waals surface area contributed by atoms with E-state index in [4.69, 9.17) is 4.74 Å². The molecule has 116 valence electrons. The molecule has 0 unspecified atom stereocenters. The van der Waals surface area contributed by atoms with E-state index in [1.807, 2.05) is 6.92 Å². The predicted molar refractivity (Wildman–Crippen MR) is 79.6 cm³/mol. The van der Waals surface area contributed by atoms with Crippen molar-refractivity contribution in [2.24, 2.45) is 0 Å². The molecule has 2 heterocycles. The van der Waals surface area contributed by atoms with Gasteiger partial charge in [-0.2, -0.15) is 5.10 Å². The number of rotatable bonds is 4. The van der Waals surface area contributed by atoms with E-state index in [9.17, 15) is 9.18 Å². The summed E-state index contributed by atoms with van der Waals surface area (Å²) in [4.78, 5) is 12.2. The average molecular weight is 303 g/mol. The number of carbonyl (C=O) groups excluding carboxylic acids is 1. The van der Waals surface area contributed by atoms with E-state index in [0.29, 0.717) is 12.1 Å². The highest BCUT2D eigenvalue weighted by molar-refractivity contribution is 5.95. The zero-order valence-corrected chi connectivity index (χ0v) is 12.4. The van der Waals surface area contributed by atoms with Gasteiger partial charge < -0.3 is 10.1 Å². The monoisotopic (exact) mass is 303 g/mol. The molecule has 1 aromatic carbocycles. The summed E-state index contributed by atoms with van der Waals surface area (Å²) in [5, 5.41) is 7.10. The molecule has 0 bridgehead atoms. The fourth-order valence-corrected chi connectivity index (χ4v) is 2.58. The van der Waals surface area contributed by atoms with Gasteiger partial charge in [-0.3, -0.25) is 4.79 Å². The topological polar surface area (TPSA) is 56.1 Å². The van der Waals surface area contributed by atoms with Crippen LogP contribution in [0.15, 0.2) is 30.5 Å². The van der Waals surface area contributed by atoms with Crippen molar-refractivity contribution in [2.45, 2.75) is 25.9 Å². The number of ether oxygens (including phenoxy) is 1. The Labute approximate surface area is 128 Å². The molecule has 1 aromatic heterocycles. The molecule has 1 atom stereocenters. The predicted octanol–water partition coefficient (Wildman–Crippen LogP) is 2.23. The standard InChI is InChI=1S/C16H18FN3O2/c1-11-15(16(21)18-9-14-3-2-8-22-14)10-19-20(11)13-6-4-12(17)5-7-13/h4-7,10,14H,2-3,8-9H2,1H3,(H,18,21)/t14-/m0/s1. The van der Waals surface area contributed by atoms with E-state index in [2.05, 4.69) is 10.4 Å². The number of benzene rings is 1. The summed E-state index contributed by atoms with van der Waals surface area (Å²) in [6.45, 7) is 3.10. The molecule has 1 aliphatic heterocycles. The quantitative estimate of drug-likeness (QED) is 0.942. The molecular weight excluding hydrogens is 285 g/mol. The molecule has 1 fully saturated rings. The second kappa shape index (κ2) is 6.27. The highest BCUT2D eigenvalue weighted by Crippen LogP contribution is 2.15. The van der Waals surface area contributed by atoms with Crippen LogP contribution in [0.5, 0.6) is 0 Å². The number of nitrogens with one attached hydrogen (secondary N) is 1. The fourth-order valence-electron chi connectivity index (χ4n) is 2.58. The van der Waals surface area contributed by atoms with Crippen molar-refractivity contribution in [1.29, 1.82) is 0 Å². The molecule has 0 aliphatic carbocycles. The highest BCUT2D eigenvalue weighted by atomic mass is 19.1. The van der Waals surface area contributed by atoms with E-state index in [0.717, 1.165) is 30.8 Å². The lowest BCUT2D eigenvalue weighted by molar-refractivity contribution is 0.0857. The SMILES string of the molecule is Cc1c(C(=O)NC[C@@H]2CCCO2)cnn1-c1ccc(F)cc1. The van der Waals surface area contributed by atoms with Crippen molar-refractivity contribution in [1.82, 2.24) is 15.1 Å². The first-order chi connectivity index (χ1) is 10.6. The third-order valence-electron chi connectivity index (χ3n) is 3.84. The van der Waals surface area contributed by atoms with Crippen LogP contribution in [-0.2, 0) is 4.74 Å². The molecule has 22 heavy (non-hydrogen) atoms. The lowest BCUT2D eigenvalue weighted by atomic mass is 10.2. The number of nitrogens with zero attached hydrogens (tertiary/aromatic N) is 2. The van der Waals surface area contributed by atoms with E-state index in [-0.39, 0.29) is 17.8 Å². The smallest absolute Gasteiger partial charge is 0.254 e. The molecular formula is C16H18FN3O2. The maximum absolute atomic E-state index is 13.0. The Morgan fingerprint density at radius 1 is 1.45 bits per heavy atom. The molecule has 5 nitrogen and oxygen atoms in total. The third kappa shape index (κ3) is 3.01. The van der Waals surface area contributed by atoms with Crippen molar-refractivity contribution < 1.29 is 13.9 Å². The lowest BCUT2D eigenvalue weighted by Crippen LogP contribution is -2.32. The van der Waals surface area contributed by atoms with Gasteiger partial charge in [-0.05, 0) is 44.0 Å². The molecule has 0 spiro atoms. The maximum Gasteiger partial charge on any atom is 0.254 e. The number of hydrogen-bond acceptors (Lipinski definition) is 3. The number of amides is 1. The van der Waals surface area contributed by atoms with Gasteiger partial charge in [0.25, 0.3) is 5.91 Å². The number of hydrogen-bond donors (Lipinski definition) is 1. The summed E-state index contributed by atoms with van der Waals surface area (Å²) in [7, 11) is 0. The van der Waals surface area contributed by atoms with E-state index < -0.39 is 0 Å². The molecule has 1 saturated heterocycles. The molecule has 1 amide bonds. The van der Waals surface area contributed by atoms with Crippen LogP contribution >= 0.6 is 0 Å². The van der Waals surface area contributed by atoms with E-state index >= 15 is 0 Å². The molecule has 2 aromatic rings. The first-order valence-corrected chi connectivity index (χ1v) is 7.35. The Kier molecular flexibility index (Phi) is 4.20. The van der Waals surface area contributed by atoms with Crippen molar-refractivity contribution in [3.05, 3.63) is 47.5 Å². The summed E-state index contributed by atoms with van der Waals surface area (Å²) < 4.78 is 20.1. The van der Waals surface area contributed by atoms with Gasteiger partial charge in [0.2, 0.25) is 0 Å². The normalized spacial score (nSPS) is 17.6. The first kappa shape index (κ1) is 14.7. The minimum Gasteiger partial charge on any atom is -0.376 e. The maximum atomic E-state index is 13.0. The van der Waals surface area contributed by atoms with Gasteiger partial charge >= 0.3 is 0 Å². The molecule has 1 N–H and O–H groups in total. The number of halogens is 1. The lowest BCUT2D eigenvalue weighted by Gasteiger charge is -2.10. The van der Waals surface area contributed by atoms with E-state index in [1.165, 1.54) is 18.3 Å². The summed E-state index contributed by atoms with van der Waals surface area (Å²) in [6.07, 6.45) is 3.66. The van der Waals surface area contributed by atoms with Crippen LogP contribution in [0.1, 0.15) is 28.9 Å². The second-order valence-corrected chi connectivity index (χ2v) is 5.38. The second-order valence-electron chi connectivity index (χ2n) is 5.38. The molecule has 1 aliphatic rings. The summed E-state index contributed by atoms with van der Waals surface area (Å²) in [5.74, 6) is -0.468. The van der Waals surface area contributed by atoms with Gasteiger partial charge in [0.05, 0.1) is 29.2 Å². The Hall–Kier alpha value is -2.21. The Morgan fingerprint density at radius 3 is 2.91 bits per heavy atom. The minimum absolute atomic E-state index is 0.108. The van der Waals surface area contributed by atoms with Crippen molar-refractivity contribution >= 4 is 5.91 Å². The number of aromatic nitrogens is 2. The summed E-state index contributed by atoms with van der Waals surface area (Å²) >= 11 is 0. The van der Waals surface area contributed by atoms with Gasteiger partial charge in [0.15, 0.2) is 0 Å². The van der Waals surface area contributed by atoms with E-state index in [1.54, 1.807) is 16.8 Å². The average Bonchev–Trinajstić information content (AvgIpc) is 3.15. The van der Waals surface area contributed by atoms with Gasteiger partial charge in [-0.25, -0.2) is 9.07 Å². The van der Waals surface area contributed by atoms with Crippen LogP contribution in [0, 0.1) is 12.7 Å². The van der Waals surface area contributed by atoms with Crippen LogP contribution in [0.2, 0.25) is 0 Å². The Balaban J connectivity index is 1.72. The van der Waals surface area contributed by atoms with Crippen molar-refractivity contribution in [3.8, 4) is 5.69 Å².